The molecule has 0 radical (unpaired) electrons. The summed E-state index contributed by atoms with van der Waals surface area (Å²) in [7, 11) is 0. The number of rotatable bonds is 6. The van der Waals surface area contributed by atoms with Gasteiger partial charge >= 0.3 is 0 Å². The monoisotopic (exact) mass is 418 g/mol. The minimum Gasteiger partial charge on any atom is -0.373 e. The Morgan fingerprint density at radius 3 is 1.55 bits per heavy atom. The lowest BCUT2D eigenvalue weighted by atomic mass is 9.73. The quantitative estimate of drug-likeness (QED) is 0.715. The number of hydrogen-bond donors (Lipinski definition) is 0. The molecule has 0 saturated carbocycles. The van der Waals surface area contributed by atoms with E-state index in [0.29, 0.717) is 29.4 Å². The molecule has 4 rings (SSSR count). The molecular weight excluding hydrogens is 392 g/mol. The number of carbonyl (C=O) groups excluding carboxylic acids is 2. The van der Waals surface area contributed by atoms with E-state index in [4.69, 9.17) is 4.74 Å². The summed E-state index contributed by atoms with van der Waals surface area (Å²) in [6.45, 7) is 7.65. The molecule has 2 amide bonds. The van der Waals surface area contributed by atoms with Gasteiger partial charge in [0.1, 0.15) is 11.8 Å². The molecule has 160 valence electrons. The van der Waals surface area contributed by atoms with Gasteiger partial charge in [0.2, 0.25) is 0 Å². The number of amides is 2. The van der Waals surface area contributed by atoms with E-state index in [-0.39, 0.29) is 11.8 Å². The summed E-state index contributed by atoms with van der Waals surface area (Å²) in [5.41, 5.74) is 1.47. The van der Waals surface area contributed by atoms with E-state index in [1.54, 1.807) is 0 Å². The molecule has 0 aliphatic carbocycles. The van der Waals surface area contributed by atoms with Crippen molar-refractivity contribution in [3.8, 4) is 0 Å². The Balaban J connectivity index is 1.71. The van der Waals surface area contributed by atoms with Crippen LogP contribution in [0.4, 0.5) is 11.4 Å². The zero-order valence-electron chi connectivity index (χ0n) is 18.1. The largest absolute Gasteiger partial charge is 0.373 e. The molecule has 2 aliphatic rings. The Hall–Kier alpha value is -3.32. The first kappa shape index (κ1) is 20.9. The highest BCUT2D eigenvalue weighted by Crippen LogP contribution is 2.41. The molecular formula is C24H26N4O3. The second kappa shape index (κ2) is 8.07. The average Bonchev–Trinajstić information content (AvgIpc) is 3.24. The van der Waals surface area contributed by atoms with Crippen molar-refractivity contribution in [2.45, 2.75) is 33.3 Å². The number of anilines is 2. The summed E-state index contributed by atoms with van der Waals surface area (Å²) in [5.74, 6) is -1.83. The highest BCUT2D eigenvalue weighted by atomic mass is 16.5. The van der Waals surface area contributed by atoms with E-state index in [1.165, 1.54) is 10.0 Å². The van der Waals surface area contributed by atoms with Gasteiger partial charge in [-0.1, -0.05) is 36.4 Å². The normalized spacial score (nSPS) is 23.1. The van der Waals surface area contributed by atoms with E-state index in [9.17, 15) is 9.59 Å². The zero-order chi connectivity index (χ0) is 22.2. The van der Waals surface area contributed by atoms with Crippen molar-refractivity contribution < 1.29 is 14.3 Å². The van der Waals surface area contributed by atoms with E-state index < -0.39 is 17.4 Å². The molecule has 2 aliphatic heterocycles. The number of ether oxygens (including phenoxy) is 1. The summed E-state index contributed by atoms with van der Waals surface area (Å²) < 4.78 is 6.19. The number of hydrogen-bond acceptors (Lipinski definition) is 5. The molecule has 2 aromatic carbocycles. The van der Waals surface area contributed by atoms with Crippen LogP contribution < -0.4 is 10.0 Å². The van der Waals surface area contributed by atoms with Crippen LogP contribution in [-0.4, -0.2) is 35.4 Å². The lowest BCUT2D eigenvalue weighted by Crippen LogP contribution is -2.55. The van der Waals surface area contributed by atoms with Crippen molar-refractivity contribution >= 4 is 34.6 Å². The van der Waals surface area contributed by atoms with Crippen LogP contribution in [0.5, 0.6) is 0 Å². The van der Waals surface area contributed by atoms with Crippen LogP contribution in [-0.2, 0) is 14.3 Å². The van der Waals surface area contributed by atoms with Crippen LogP contribution in [0.25, 0.3) is 0 Å². The van der Waals surface area contributed by atoms with Gasteiger partial charge in [0.25, 0.3) is 11.8 Å². The van der Waals surface area contributed by atoms with Crippen LogP contribution >= 0.6 is 0 Å². The fraction of sp³-hybridized carbons (Fsp3) is 0.333. The Morgan fingerprint density at radius 2 is 1.19 bits per heavy atom. The summed E-state index contributed by atoms with van der Waals surface area (Å²) in [4.78, 5) is 27.1. The summed E-state index contributed by atoms with van der Waals surface area (Å²) in [6.07, 6.45) is 0. The molecule has 0 spiro atoms. The molecule has 0 N–H and O–H groups in total. The Morgan fingerprint density at radius 1 is 0.806 bits per heavy atom. The first-order chi connectivity index (χ1) is 14.9. The van der Waals surface area contributed by atoms with Gasteiger partial charge in [-0.3, -0.25) is 9.59 Å². The average molecular weight is 418 g/mol. The van der Waals surface area contributed by atoms with Gasteiger partial charge in [0, 0.05) is 6.61 Å². The SMILES string of the molecule is CCOC(C)(C1C(=O)N(c2ccccc2)N=C1C)C1C(=O)N(c2ccccc2)N=C1C. The van der Waals surface area contributed by atoms with Crippen molar-refractivity contribution in [1.29, 1.82) is 0 Å². The maximum Gasteiger partial charge on any atom is 0.259 e. The van der Waals surface area contributed by atoms with Gasteiger partial charge in [-0.2, -0.15) is 10.2 Å². The van der Waals surface area contributed by atoms with Gasteiger partial charge in [-0.05, 0) is 52.0 Å². The maximum atomic E-state index is 13.5. The minimum atomic E-state index is -1.13. The fourth-order valence-corrected chi connectivity index (χ4v) is 4.60. The fourth-order valence-electron chi connectivity index (χ4n) is 4.60. The molecule has 2 heterocycles. The van der Waals surface area contributed by atoms with E-state index >= 15 is 0 Å². The first-order valence-electron chi connectivity index (χ1n) is 10.4. The molecule has 0 bridgehead atoms. The van der Waals surface area contributed by atoms with Crippen molar-refractivity contribution in [3.63, 3.8) is 0 Å². The predicted octanol–water partition coefficient (Wildman–Crippen LogP) is 3.86. The number of carbonyl (C=O) groups is 2. The number of nitrogens with zero attached hydrogens (tertiary/aromatic N) is 4. The third-order valence-corrected chi connectivity index (χ3v) is 5.87. The Bertz CT molecular complexity index is 970. The van der Waals surface area contributed by atoms with Gasteiger partial charge in [0.05, 0.1) is 28.4 Å². The van der Waals surface area contributed by atoms with Gasteiger partial charge < -0.3 is 4.74 Å². The first-order valence-corrected chi connectivity index (χ1v) is 10.4. The van der Waals surface area contributed by atoms with Gasteiger partial charge in [-0.25, -0.2) is 10.0 Å². The van der Waals surface area contributed by atoms with Gasteiger partial charge in [0.15, 0.2) is 0 Å². The van der Waals surface area contributed by atoms with Crippen molar-refractivity contribution in [2.75, 3.05) is 16.6 Å². The second-order valence-corrected chi connectivity index (χ2v) is 7.94. The molecule has 7 nitrogen and oxygen atoms in total. The number of benzene rings is 2. The van der Waals surface area contributed by atoms with Crippen LogP contribution in [0, 0.1) is 11.8 Å². The Labute approximate surface area is 182 Å². The molecule has 2 atom stereocenters. The minimum absolute atomic E-state index is 0.210. The van der Waals surface area contributed by atoms with Crippen LogP contribution in [0.2, 0.25) is 0 Å². The number of hydrazone groups is 2. The lowest BCUT2D eigenvalue weighted by molar-refractivity contribution is -0.140. The van der Waals surface area contributed by atoms with Crippen LogP contribution in [0.1, 0.15) is 27.7 Å². The third kappa shape index (κ3) is 3.45. The molecule has 31 heavy (non-hydrogen) atoms. The van der Waals surface area contributed by atoms with Crippen molar-refractivity contribution in [1.82, 2.24) is 0 Å². The summed E-state index contributed by atoms with van der Waals surface area (Å²) in [5, 5.41) is 11.8. The zero-order valence-corrected chi connectivity index (χ0v) is 18.1. The number of para-hydroxylation sites is 2. The van der Waals surface area contributed by atoms with Crippen LogP contribution in [0.3, 0.4) is 0 Å². The molecule has 0 saturated heterocycles. The van der Waals surface area contributed by atoms with Crippen LogP contribution in [0.15, 0.2) is 70.9 Å². The lowest BCUT2D eigenvalue weighted by Gasteiger charge is -2.38. The maximum absolute atomic E-state index is 13.5. The molecule has 7 heteroatoms. The predicted molar refractivity (Wildman–Crippen MR) is 121 cm³/mol. The van der Waals surface area contributed by atoms with E-state index in [0.717, 1.165) is 0 Å². The van der Waals surface area contributed by atoms with Crippen molar-refractivity contribution in [2.24, 2.45) is 22.0 Å². The highest BCUT2D eigenvalue weighted by Gasteiger charge is 2.57. The van der Waals surface area contributed by atoms with Crippen molar-refractivity contribution in [3.05, 3.63) is 60.7 Å². The Kier molecular flexibility index (Phi) is 5.45. The smallest absolute Gasteiger partial charge is 0.259 e. The third-order valence-electron chi connectivity index (χ3n) is 5.87. The van der Waals surface area contributed by atoms with E-state index in [1.807, 2.05) is 88.4 Å². The van der Waals surface area contributed by atoms with Gasteiger partial charge in [-0.15, -0.1) is 0 Å². The molecule has 2 aromatic rings. The van der Waals surface area contributed by atoms with E-state index in [2.05, 4.69) is 10.2 Å². The molecule has 0 fully saturated rings. The standard InChI is InChI=1S/C24H26N4O3/c1-5-31-24(4,20-16(2)25-27(22(20)29)18-12-8-6-9-13-18)21-17(3)26-28(23(21)30)19-14-10-7-11-15-19/h6-15,20-21H,5H2,1-4H3. The second-order valence-electron chi connectivity index (χ2n) is 7.94. The summed E-state index contributed by atoms with van der Waals surface area (Å²) >= 11 is 0. The summed E-state index contributed by atoms with van der Waals surface area (Å²) in [6, 6.07) is 18.5. The molecule has 2 unspecified atom stereocenters. The topological polar surface area (TPSA) is 74.6 Å². The molecule has 0 aromatic heterocycles. The highest BCUT2D eigenvalue weighted by molar-refractivity contribution is 6.20.